The number of anilines is 1. The SMILES string of the molecule is CCc1ccc(O[C@@H](C)c2nnc(SCC(=O)Nc3nc(-c4ccccc4)cs3)n2CC)cc1. The molecule has 0 aliphatic heterocycles. The first-order valence-corrected chi connectivity index (χ1v) is 13.1. The third-order valence-electron chi connectivity index (χ3n) is 5.22. The van der Waals surface area contributed by atoms with E-state index in [9.17, 15) is 4.79 Å². The second kappa shape index (κ2) is 11.3. The number of carbonyl (C=O) groups is 1. The fourth-order valence-corrected chi connectivity index (χ4v) is 4.97. The van der Waals surface area contributed by atoms with Crippen LogP contribution >= 0.6 is 23.1 Å². The Balaban J connectivity index is 1.35. The molecule has 0 saturated heterocycles. The van der Waals surface area contributed by atoms with Gasteiger partial charge in [-0.1, -0.05) is 61.2 Å². The van der Waals surface area contributed by atoms with Crippen molar-refractivity contribution in [3.63, 3.8) is 0 Å². The van der Waals surface area contributed by atoms with Crippen molar-refractivity contribution in [1.82, 2.24) is 19.7 Å². The highest BCUT2D eigenvalue weighted by Crippen LogP contribution is 2.27. The van der Waals surface area contributed by atoms with Crippen LogP contribution in [0.25, 0.3) is 11.3 Å². The Morgan fingerprint density at radius 1 is 1.12 bits per heavy atom. The number of aryl methyl sites for hydroxylation is 1. The number of nitrogens with one attached hydrogen (secondary N) is 1. The zero-order chi connectivity index (χ0) is 23.9. The van der Waals surface area contributed by atoms with Crippen molar-refractivity contribution in [2.45, 2.75) is 45.0 Å². The average Bonchev–Trinajstić information content (AvgIpc) is 3.50. The summed E-state index contributed by atoms with van der Waals surface area (Å²) in [7, 11) is 0. The van der Waals surface area contributed by atoms with Crippen LogP contribution < -0.4 is 10.1 Å². The first-order chi connectivity index (χ1) is 16.6. The highest BCUT2D eigenvalue weighted by atomic mass is 32.2. The quantitative estimate of drug-likeness (QED) is 0.279. The standard InChI is InChI=1S/C25H27N5O2S2/c1-4-18-11-13-20(14-12-18)32-17(3)23-28-29-25(30(23)5-2)34-16-22(31)27-24-26-21(15-33-24)19-9-7-6-8-10-19/h6-15,17H,4-5,16H2,1-3H3,(H,26,27,31)/t17-/m0/s1. The summed E-state index contributed by atoms with van der Waals surface area (Å²) in [4.78, 5) is 17.0. The van der Waals surface area contributed by atoms with Crippen LogP contribution in [0.4, 0.5) is 5.13 Å². The van der Waals surface area contributed by atoms with Gasteiger partial charge >= 0.3 is 0 Å². The molecule has 0 fully saturated rings. The van der Waals surface area contributed by atoms with Gasteiger partial charge in [0, 0.05) is 17.5 Å². The summed E-state index contributed by atoms with van der Waals surface area (Å²) < 4.78 is 8.07. The zero-order valence-corrected chi connectivity index (χ0v) is 21.0. The number of thioether (sulfide) groups is 1. The first kappa shape index (κ1) is 24.0. The van der Waals surface area contributed by atoms with E-state index in [1.54, 1.807) is 0 Å². The fraction of sp³-hybridized carbons (Fsp3) is 0.280. The van der Waals surface area contributed by atoms with E-state index in [0.717, 1.165) is 29.3 Å². The maximum absolute atomic E-state index is 12.5. The minimum atomic E-state index is -0.269. The van der Waals surface area contributed by atoms with Gasteiger partial charge in [0.1, 0.15) is 5.75 Å². The summed E-state index contributed by atoms with van der Waals surface area (Å²) in [5, 5.41) is 14.7. The Morgan fingerprint density at radius 2 is 1.88 bits per heavy atom. The second-order valence-electron chi connectivity index (χ2n) is 7.58. The summed E-state index contributed by atoms with van der Waals surface area (Å²) in [6, 6.07) is 18.0. The molecule has 9 heteroatoms. The Kier molecular flexibility index (Phi) is 7.97. The number of benzene rings is 2. The number of ether oxygens (including phenoxy) is 1. The van der Waals surface area contributed by atoms with E-state index in [1.165, 1.54) is 28.7 Å². The molecule has 2 heterocycles. The normalized spacial score (nSPS) is 11.9. The lowest BCUT2D eigenvalue weighted by atomic mass is 10.2. The van der Waals surface area contributed by atoms with Gasteiger partial charge in [-0.05, 0) is 38.0 Å². The van der Waals surface area contributed by atoms with Crippen LogP contribution in [0.1, 0.15) is 38.3 Å². The molecule has 0 bridgehead atoms. The molecule has 7 nitrogen and oxygen atoms in total. The van der Waals surface area contributed by atoms with Crippen LogP contribution in [-0.4, -0.2) is 31.4 Å². The van der Waals surface area contributed by atoms with E-state index >= 15 is 0 Å². The third-order valence-corrected chi connectivity index (χ3v) is 6.95. The first-order valence-electron chi connectivity index (χ1n) is 11.2. The van der Waals surface area contributed by atoms with Gasteiger partial charge in [0.15, 0.2) is 22.2 Å². The van der Waals surface area contributed by atoms with Gasteiger partial charge in [-0.15, -0.1) is 21.5 Å². The summed E-state index contributed by atoms with van der Waals surface area (Å²) in [5.74, 6) is 1.61. The minimum absolute atomic E-state index is 0.133. The van der Waals surface area contributed by atoms with E-state index in [4.69, 9.17) is 4.74 Å². The minimum Gasteiger partial charge on any atom is -0.483 e. The Hall–Kier alpha value is -3.17. The number of thiazole rings is 1. The molecule has 0 unspecified atom stereocenters. The van der Waals surface area contributed by atoms with Gasteiger partial charge < -0.3 is 14.6 Å². The molecule has 1 atom stereocenters. The van der Waals surface area contributed by atoms with Crippen LogP contribution in [0, 0.1) is 0 Å². The molecule has 176 valence electrons. The molecule has 1 N–H and O–H groups in total. The van der Waals surface area contributed by atoms with Crippen molar-refractivity contribution < 1.29 is 9.53 Å². The number of aromatic nitrogens is 4. The molecule has 4 aromatic rings. The fourth-order valence-electron chi connectivity index (χ4n) is 3.42. The summed E-state index contributed by atoms with van der Waals surface area (Å²) in [5.41, 5.74) is 3.14. The summed E-state index contributed by atoms with van der Waals surface area (Å²) >= 11 is 2.76. The molecule has 0 spiro atoms. The molecule has 1 amide bonds. The van der Waals surface area contributed by atoms with E-state index < -0.39 is 0 Å². The molecule has 34 heavy (non-hydrogen) atoms. The number of carbonyl (C=O) groups excluding carboxylic acids is 1. The summed E-state index contributed by atoms with van der Waals surface area (Å²) in [6.07, 6.45) is 0.722. The Labute approximate surface area is 207 Å². The molecular weight excluding hydrogens is 466 g/mol. The number of amides is 1. The second-order valence-corrected chi connectivity index (χ2v) is 9.38. The van der Waals surface area contributed by atoms with Crippen molar-refractivity contribution in [3.05, 3.63) is 71.4 Å². The van der Waals surface area contributed by atoms with Crippen molar-refractivity contribution in [2.75, 3.05) is 11.1 Å². The van der Waals surface area contributed by atoms with Crippen LogP contribution in [0.15, 0.2) is 65.1 Å². The molecule has 0 saturated carbocycles. The Morgan fingerprint density at radius 3 is 2.59 bits per heavy atom. The van der Waals surface area contributed by atoms with Crippen LogP contribution in [0.5, 0.6) is 5.75 Å². The van der Waals surface area contributed by atoms with Crippen LogP contribution in [-0.2, 0) is 17.8 Å². The molecule has 0 radical (unpaired) electrons. The van der Waals surface area contributed by atoms with E-state index in [-0.39, 0.29) is 17.8 Å². The average molecular weight is 494 g/mol. The number of nitrogens with zero attached hydrogens (tertiary/aromatic N) is 4. The maximum atomic E-state index is 12.5. The van der Waals surface area contributed by atoms with Crippen molar-refractivity contribution >= 4 is 34.1 Å². The van der Waals surface area contributed by atoms with Crippen molar-refractivity contribution in [2.24, 2.45) is 0 Å². The molecule has 2 aromatic heterocycles. The molecular formula is C25H27N5O2S2. The lowest BCUT2D eigenvalue weighted by molar-refractivity contribution is -0.113. The van der Waals surface area contributed by atoms with Gasteiger partial charge in [-0.2, -0.15) is 0 Å². The monoisotopic (exact) mass is 493 g/mol. The number of hydrogen-bond acceptors (Lipinski definition) is 7. The highest BCUT2D eigenvalue weighted by molar-refractivity contribution is 7.99. The smallest absolute Gasteiger partial charge is 0.236 e. The molecule has 0 aliphatic rings. The van der Waals surface area contributed by atoms with Gasteiger partial charge in [0.05, 0.1) is 11.4 Å². The Bertz CT molecular complexity index is 1220. The zero-order valence-electron chi connectivity index (χ0n) is 19.4. The van der Waals surface area contributed by atoms with Crippen molar-refractivity contribution in [1.29, 1.82) is 0 Å². The van der Waals surface area contributed by atoms with E-state index in [2.05, 4.69) is 39.6 Å². The molecule has 0 aliphatic carbocycles. The van der Waals surface area contributed by atoms with Gasteiger partial charge in [0.25, 0.3) is 0 Å². The van der Waals surface area contributed by atoms with Crippen LogP contribution in [0.3, 0.4) is 0 Å². The van der Waals surface area contributed by atoms with Gasteiger partial charge in [0.2, 0.25) is 5.91 Å². The maximum Gasteiger partial charge on any atom is 0.236 e. The third kappa shape index (κ3) is 5.84. The molecule has 2 aromatic carbocycles. The van der Waals surface area contributed by atoms with E-state index in [0.29, 0.717) is 16.8 Å². The topological polar surface area (TPSA) is 81.9 Å². The lowest BCUT2D eigenvalue weighted by Gasteiger charge is -2.15. The largest absolute Gasteiger partial charge is 0.483 e. The van der Waals surface area contributed by atoms with Crippen LogP contribution in [0.2, 0.25) is 0 Å². The van der Waals surface area contributed by atoms with Crippen molar-refractivity contribution in [3.8, 4) is 17.0 Å². The van der Waals surface area contributed by atoms with Gasteiger partial charge in [-0.3, -0.25) is 4.79 Å². The lowest BCUT2D eigenvalue weighted by Crippen LogP contribution is -2.15. The predicted molar refractivity (Wildman–Crippen MR) is 137 cm³/mol. The van der Waals surface area contributed by atoms with Gasteiger partial charge in [-0.25, -0.2) is 4.98 Å². The predicted octanol–water partition coefficient (Wildman–Crippen LogP) is 5.85. The van der Waals surface area contributed by atoms with E-state index in [1.807, 2.05) is 66.3 Å². The highest BCUT2D eigenvalue weighted by Gasteiger charge is 2.20. The summed E-state index contributed by atoms with van der Waals surface area (Å²) in [6.45, 7) is 6.79. The number of hydrogen-bond donors (Lipinski definition) is 1. The molecule has 4 rings (SSSR count). The number of rotatable bonds is 10.